The van der Waals surface area contributed by atoms with Gasteiger partial charge in [0.05, 0.1) is 16.1 Å². The first kappa shape index (κ1) is 17.5. The largest absolute Gasteiger partial charge is 0.349 e. The monoisotopic (exact) mass is 358 g/mol. The predicted octanol–water partition coefficient (Wildman–Crippen LogP) is 3.55. The lowest BCUT2D eigenvalue weighted by Crippen LogP contribution is -2.36. The molecule has 2 N–H and O–H groups in total. The van der Waals surface area contributed by atoms with E-state index in [0.717, 1.165) is 25.7 Å². The second kappa shape index (κ2) is 7.70. The smallest absolute Gasteiger partial charge is 0.261 e. The molecule has 1 fully saturated rings. The Morgan fingerprint density at radius 1 is 0.880 bits per heavy atom. The lowest BCUT2D eigenvalue weighted by Gasteiger charge is -2.23. The van der Waals surface area contributed by atoms with Gasteiger partial charge in [0.1, 0.15) is 0 Å². The highest BCUT2D eigenvalue weighted by Gasteiger charge is 2.21. The summed E-state index contributed by atoms with van der Waals surface area (Å²) in [6.07, 6.45) is 5.40. The van der Waals surface area contributed by atoms with Gasteiger partial charge in [0.2, 0.25) is 0 Å². The molecule has 2 aromatic rings. The maximum atomic E-state index is 12.6. The molecule has 0 atom stereocenters. The summed E-state index contributed by atoms with van der Waals surface area (Å²) in [5.41, 5.74) is 0.632. The van der Waals surface area contributed by atoms with Crippen molar-refractivity contribution in [3.63, 3.8) is 0 Å². The number of hydrogen-bond acceptors (Lipinski definition) is 3. The molecule has 6 heteroatoms. The maximum absolute atomic E-state index is 12.6. The molecule has 5 nitrogen and oxygen atoms in total. The lowest BCUT2D eigenvalue weighted by molar-refractivity contribution is 0.0928. The molecule has 1 amide bonds. The van der Waals surface area contributed by atoms with Gasteiger partial charge in [-0.05, 0) is 37.1 Å². The summed E-state index contributed by atoms with van der Waals surface area (Å²) in [6.45, 7) is 0. The molecule has 25 heavy (non-hydrogen) atoms. The second-order valence-electron chi connectivity index (χ2n) is 6.27. The van der Waals surface area contributed by atoms with Crippen LogP contribution in [0, 0.1) is 0 Å². The van der Waals surface area contributed by atoms with E-state index >= 15 is 0 Å². The minimum atomic E-state index is -3.73. The van der Waals surface area contributed by atoms with Crippen molar-refractivity contribution in [2.24, 2.45) is 0 Å². The number of carbonyl (C=O) groups excluding carboxylic acids is 1. The molecule has 0 aromatic heterocycles. The van der Waals surface area contributed by atoms with Crippen molar-refractivity contribution in [1.29, 1.82) is 0 Å². The van der Waals surface area contributed by atoms with Gasteiger partial charge < -0.3 is 5.32 Å². The Labute approximate surface area is 148 Å². The number of anilines is 1. The number of benzene rings is 2. The zero-order chi connectivity index (χ0) is 17.7. The summed E-state index contributed by atoms with van der Waals surface area (Å²) in [5, 5.41) is 3.03. The van der Waals surface area contributed by atoms with E-state index in [0.29, 0.717) is 11.3 Å². The van der Waals surface area contributed by atoms with Gasteiger partial charge in [0, 0.05) is 6.04 Å². The highest BCUT2D eigenvalue weighted by molar-refractivity contribution is 7.92. The van der Waals surface area contributed by atoms with E-state index in [1.165, 1.54) is 18.6 Å². The van der Waals surface area contributed by atoms with Crippen LogP contribution in [0.1, 0.15) is 42.5 Å². The average molecular weight is 358 g/mol. The second-order valence-corrected chi connectivity index (χ2v) is 7.95. The number of amides is 1. The molecule has 0 heterocycles. The highest BCUT2D eigenvalue weighted by Crippen LogP contribution is 2.22. The Hall–Kier alpha value is -2.34. The van der Waals surface area contributed by atoms with Crippen molar-refractivity contribution < 1.29 is 13.2 Å². The SMILES string of the molecule is O=C(NC1CCCCC1)c1ccccc1NS(=O)(=O)c1ccccc1. The van der Waals surface area contributed by atoms with E-state index in [2.05, 4.69) is 10.0 Å². The fraction of sp³-hybridized carbons (Fsp3) is 0.316. The summed E-state index contributed by atoms with van der Waals surface area (Å²) in [5.74, 6) is -0.238. The van der Waals surface area contributed by atoms with Crippen LogP contribution in [0.25, 0.3) is 0 Å². The van der Waals surface area contributed by atoms with Gasteiger partial charge in [-0.3, -0.25) is 9.52 Å². The van der Waals surface area contributed by atoms with Crippen LogP contribution < -0.4 is 10.0 Å². The quantitative estimate of drug-likeness (QED) is 0.858. The van der Waals surface area contributed by atoms with E-state index < -0.39 is 10.0 Å². The molecule has 1 saturated carbocycles. The van der Waals surface area contributed by atoms with Gasteiger partial charge in [-0.15, -0.1) is 0 Å². The standard InChI is InChI=1S/C19H22N2O3S/c22-19(20-15-9-3-1-4-10-15)17-13-7-8-14-18(17)21-25(23,24)16-11-5-2-6-12-16/h2,5-8,11-15,21H,1,3-4,9-10H2,(H,20,22). The fourth-order valence-corrected chi connectivity index (χ4v) is 4.18. The fourth-order valence-electron chi connectivity index (χ4n) is 3.08. The first-order valence-corrected chi connectivity index (χ1v) is 10.0. The van der Waals surface area contributed by atoms with E-state index in [-0.39, 0.29) is 16.8 Å². The van der Waals surface area contributed by atoms with Crippen LogP contribution in [0.5, 0.6) is 0 Å². The summed E-state index contributed by atoms with van der Waals surface area (Å²) >= 11 is 0. The minimum absolute atomic E-state index is 0.164. The summed E-state index contributed by atoms with van der Waals surface area (Å²) in [4.78, 5) is 12.8. The molecule has 2 aromatic carbocycles. The lowest BCUT2D eigenvalue weighted by atomic mass is 9.95. The van der Waals surface area contributed by atoms with Gasteiger partial charge in [-0.2, -0.15) is 0 Å². The van der Waals surface area contributed by atoms with Gasteiger partial charge in [-0.25, -0.2) is 8.42 Å². The predicted molar refractivity (Wildman–Crippen MR) is 98.0 cm³/mol. The van der Waals surface area contributed by atoms with E-state index in [1.807, 2.05) is 0 Å². The van der Waals surface area contributed by atoms with Crippen molar-refractivity contribution in [3.05, 3.63) is 60.2 Å². The third kappa shape index (κ3) is 4.39. The molecule has 1 aliphatic rings. The summed E-state index contributed by atoms with van der Waals surface area (Å²) in [7, 11) is -3.73. The third-order valence-electron chi connectivity index (χ3n) is 4.41. The zero-order valence-corrected chi connectivity index (χ0v) is 14.8. The minimum Gasteiger partial charge on any atom is -0.349 e. The Kier molecular flexibility index (Phi) is 5.38. The van der Waals surface area contributed by atoms with Crippen molar-refractivity contribution in [2.45, 2.75) is 43.0 Å². The summed E-state index contributed by atoms with van der Waals surface area (Å²) in [6, 6.07) is 15.0. The van der Waals surface area contributed by atoms with E-state index in [9.17, 15) is 13.2 Å². The number of para-hydroxylation sites is 1. The molecule has 0 spiro atoms. The number of hydrogen-bond donors (Lipinski definition) is 2. The number of sulfonamides is 1. The Morgan fingerprint density at radius 2 is 1.52 bits per heavy atom. The van der Waals surface area contributed by atoms with Crippen molar-refractivity contribution in [3.8, 4) is 0 Å². The van der Waals surface area contributed by atoms with Crippen LogP contribution in [-0.2, 0) is 10.0 Å². The van der Waals surface area contributed by atoms with Crippen LogP contribution in [0.2, 0.25) is 0 Å². The molecule has 3 rings (SSSR count). The summed E-state index contributed by atoms with van der Waals surface area (Å²) < 4.78 is 27.6. The molecular weight excluding hydrogens is 336 g/mol. The van der Waals surface area contributed by atoms with Crippen molar-refractivity contribution in [2.75, 3.05) is 4.72 Å². The molecule has 1 aliphatic carbocycles. The van der Waals surface area contributed by atoms with Crippen molar-refractivity contribution in [1.82, 2.24) is 5.32 Å². The van der Waals surface area contributed by atoms with E-state index in [4.69, 9.17) is 0 Å². The van der Waals surface area contributed by atoms with E-state index in [1.54, 1.807) is 42.5 Å². The van der Waals surface area contributed by atoms with Gasteiger partial charge >= 0.3 is 0 Å². The molecule has 0 unspecified atom stereocenters. The molecule has 0 saturated heterocycles. The van der Waals surface area contributed by atoms with Crippen LogP contribution in [-0.4, -0.2) is 20.4 Å². The van der Waals surface area contributed by atoms with Gasteiger partial charge in [-0.1, -0.05) is 49.6 Å². The number of nitrogens with one attached hydrogen (secondary N) is 2. The van der Waals surface area contributed by atoms with Crippen LogP contribution >= 0.6 is 0 Å². The Morgan fingerprint density at radius 3 is 2.24 bits per heavy atom. The van der Waals surface area contributed by atoms with Crippen molar-refractivity contribution >= 4 is 21.6 Å². The number of rotatable bonds is 5. The number of carbonyl (C=O) groups is 1. The topological polar surface area (TPSA) is 75.3 Å². The molecular formula is C19H22N2O3S. The first-order chi connectivity index (χ1) is 12.1. The normalized spacial score (nSPS) is 15.5. The first-order valence-electron chi connectivity index (χ1n) is 8.54. The average Bonchev–Trinajstić information content (AvgIpc) is 2.63. The molecule has 0 radical (unpaired) electrons. The van der Waals surface area contributed by atoms with Crippen LogP contribution in [0.4, 0.5) is 5.69 Å². The van der Waals surface area contributed by atoms with Crippen LogP contribution in [0.3, 0.4) is 0 Å². The highest BCUT2D eigenvalue weighted by atomic mass is 32.2. The van der Waals surface area contributed by atoms with Gasteiger partial charge in [0.25, 0.3) is 15.9 Å². The molecule has 0 aliphatic heterocycles. The molecule has 0 bridgehead atoms. The van der Waals surface area contributed by atoms with Crippen LogP contribution in [0.15, 0.2) is 59.5 Å². The maximum Gasteiger partial charge on any atom is 0.261 e. The van der Waals surface area contributed by atoms with Gasteiger partial charge in [0.15, 0.2) is 0 Å². The Balaban J connectivity index is 1.80. The zero-order valence-electron chi connectivity index (χ0n) is 13.9. The third-order valence-corrected chi connectivity index (χ3v) is 5.79. The molecule has 132 valence electrons. The Bertz CT molecular complexity index is 829.